The topological polar surface area (TPSA) is 88.4 Å². The van der Waals surface area contributed by atoms with E-state index in [1.807, 2.05) is 18.2 Å². The van der Waals surface area contributed by atoms with E-state index in [2.05, 4.69) is 10.3 Å². The second-order valence-corrected chi connectivity index (χ2v) is 6.82. The Morgan fingerprint density at radius 3 is 2.77 bits per heavy atom. The molecule has 1 saturated heterocycles. The predicted octanol–water partition coefficient (Wildman–Crippen LogP) is 3.54. The van der Waals surface area contributed by atoms with Gasteiger partial charge in [0.2, 0.25) is 0 Å². The molecule has 4 rings (SSSR count). The van der Waals surface area contributed by atoms with E-state index >= 15 is 0 Å². The second-order valence-electron chi connectivity index (χ2n) is 6.82. The zero-order chi connectivity index (χ0) is 18.1. The van der Waals surface area contributed by atoms with Gasteiger partial charge in [0.25, 0.3) is 11.6 Å². The molecule has 2 fully saturated rings. The van der Waals surface area contributed by atoms with Crippen molar-refractivity contribution in [2.24, 2.45) is 0 Å². The Bertz CT molecular complexity index is 836. The number of aromatic nitrogens is 1. The minimum atomic E-state index is -0.429. The number of nitrogens with zero attached hydrogens (tertiary/aromatic N) is 3. The third kappa shape index (κ3) is 3.24. The predicted molar refractivity (Wildman–Crippen MR) is 97.0 cm³/mol. The number of carbonyl (C=O) groups is 1. The fraction of sp³-hybridized carbons (Fsp3) is 0.368. The summed E-state index contributed by atoms with van der Waals surface area (Å²) in [4.78, 5) is 30.2. The van der Waals surface area contributed by atoms with Gasteiger partial charge in [-0.1, -0.05) is 6.07 Å². The number of hydrogen-bond donors (Lipinski definition) is 1. The molecule has 1 unspecified atom stereocenters. The number of benzene rings is 1. The van der Waals surface area contributed by atoms with Gasteiger partial charge in [-0.2, -0.15) is 0 Å². The van der Waals surface area contributed by atoms with E-state index in [1.54, 1.807) is 23.2 Å². The van der Waals surface area contributed by atoms with Crippen LogP contribution in [0.3, 0.4) is 0 Å². The summed E-state index contributed by atoms with van der Waals surface area (Å²) in [7, 11) is 0. The quantitative estimate of drug-likeness (QED) is 0.657. The van der Waals surface area contributed by atoms with E-state index < -0.39 is 4.92 Å². The van der Waals surface area contributed by atoms with Gasteiger partial charge in [-0.3, -0.25) is 19.9 Å². The van der Waals surface area contributed by atoms with E-state index in [4.69, 9.17) is 0 Å². The van der Waals surface area contributed by atoms with Crippen molar-refractivity contribution in [2.45, 2.75) is 37.8 Å². The van der Waals surface area contributed by atoms with Gasteiger partial charge in [0, 0.05) is 30.4 Å². The fourth-order valence-corrected chi connectivity index (χ4v) is 3.44. The second kappa shape index (κ2) is 6.74. The van der Waals surface area contributed by atoms with E-state index in [0.29, 0.717) is 23.8 Å². The number of rotatable bonds is 5. The Morgan fingerprint density at radius 2 is 2.08 bits per heavy atom. The molecule has 2 aromatic rings. The standard InChI is InChI=1S/C19H20N4O3/c24-19(22-11-3-5-17(22)15-4-1-2-10-20-15)13-6-9-16(21-14-7-8-14)18(12-13)23(25)26/h1-2,4,6,9-10,12,14,17,21H,3,5,7-8,11H2. The van der Waals surface area contributed by atoms with Crippen LogP contribution in [0.5, 0.6) is 0 Å². The highest BCUT2D eigenvalue weighted by atomic mass is 16.6. The summed E-state index contributed by atoms with van der Waals surface area (Å²) in [5.41, 5.74) is 1.65. The van der Waals surface area contributed by atoms with Crippen LogP contribution in [-0.2, 0) is 0 Å². The minimum Gasteiger partial charge on any atom is -0.377 e. The summed E-state index contributed by atoms with van der Waals surface area (Å²) in [6.45, 7) is 0.635. The highest BCUT2D eigenvalue weighted by molar-refractivity contribution is 5.96. The number of likely N-dealkylation sites (tertiary alicyclic amines) is 1. The number of carbonyl (C=O) groups excluding carboxylic acids is 1. The first-order chi connectivity index (χ1) is 12.6. The first-order valence-electron chi connectivity index (χ1n) is 8.90. The first-order valence-corrected chi connectivity index (χ1v) is 8.90. The van der Waals surface area contributed by atoms with E-state index in [1.165, 1.54) is 6.07 Å². The number of nitro benzene ring substituents is 1. The summed E-state index contributed by atoms with van der Waals surface area (Å²) in [5.74, 6) is -0.181. The molecule has 1 aromatic carbocycles. The molecule has 1 aromatic heterocycles. The maximum absolute atomic E-state index is 13.0. The zero-order valence-electron chi connectivity index (χ0n) is 14.3. The van der Waals surface area contributed by atoms with Gasteiger partial charge in [0.15, 0.2) is 0 Å². The highest BCUT2D eigenvalue weighted by Crippen LogP contribution is 2.35. The maximum Gasteiger partial charge on any atom is 0.293 e. The monoisotopic (exact) mass is 352 g/mol. The number of nitro groups is 1. The van der Waals surface area contributed by atoms with Crippen molar-refractivity contribution in [1.82, 2.24) is 9.88 Å². The van der Waals surface area contributed by atoms with Gasteiger partial charge in [-0.25, -0.2) is 0 Å². The fourth-order valence-electron chi connectivity index (χ4n) is 3.44. The van der Waals surface area contributed by atoms with Crippen LogP contribution in [0.4, 0.5) is 11.4 Å². The SMILES string of the molecule is O=C(c1ccc(NC2CC2)c([N+](=O)[O-])c1)N1CCCC1c1ccccn1. The van der Waals surface area contributed by atoms with Crippen molar-refractivity contribution in [1.29, 1.82) is 0 Å². The smallest absolute Gasteiger partial charge is 0.293 e. The van der Waals surface area contributed by atoms with Gasteiger partial charge in [-0.05, 0) is 49.9 Å². The van der Waals surface area contributed by atoms with Crippen LogP contribution in [0, 0.1) is 10.1 Å². The van der Waals surface area contributed by atoms with Crippen molar-refractivity contribution in [2.75, 3.05) is 11.9 Å². The van der Waals surface area contributed by atoms with E-state index in [0.717, 1.165) is 31.4 Å². The number of amides is 1. The van der Waals surface area contributed by atoms with Crippen LogP contribution in [0.2, 0.25) is 0 Å². The number of anilines is 1. The molecule has 1 saturated carbocycles. The lowest BCUT2D eigenvalue weighted by Crippen LogP contribution is -2.31. The Morgan fingerprint density at radius 1 is 1.23 bits per heavy atom. The number of pyridine rings is 1. The Labute approximate surface area is 151 Å². The maximum atomic E-state index is 13.0. The molecule has 0 radical (unpaired) electrons. The van der Waals surface area contributed by atoms with E-state index in [-0.39, 0.29) is 17.6 Å². The van der Waals surface area contributed by atoms with Crippen LogP contribution >= 0.6 is 0 Å². The van der Waals surface area contributed by atoms with Crippen molar-refractivity contribution in [3.05, 3.63) is 64.0 Å². The van der Waals surface area contributed by atoms with Crippen LogP contribution in [0.25, 0.3) is 0 Å². The summed E-state index contributed by atoms with van der Waals surface area (Å²) in [5, 5.41) is 14.6. The molecule has 1 amide bonds. The highest BCUT2D eigenvalue weighted by Gasteiger charge is 2.32. The molecule has 1 aliphatic heterocycles. The van der Waals surface area contributed by atoms with Gasteiger partial charge < -0.3 is 10.2 Å². The third-order valence-electron chi connectivity index (χ3n) is 4.92. The summed E-state index contributed by atoms with van der Waals surface area (Å²) < 4.78 is 0. The largest absolute Gasteiger partial charge is 0.377 e. The summed E-state index contributed by atoms with van der Waals surface area (Å²) in [6, 6.07) is 10.6. The molecule has 7 heteroatoms. The van der Waals surface area contributed by atoms with Crippen molar-refractivity contribution in [3.8, 4) is 0 Å². The van der Waals surface area contributed by atoms with Crippen LogP contribution in [0.1, 0.15) is 47.8 Å². The third-order valence-corrected chi connectivity index (χ3v) is 4.92. The van der Waals surface area contributed by atoms with Crippen LogP contribution in [-0.4, -0.2) is 33.3 Å². The molecule has 0 bridgehead atoms. The normalized spacial score (nSPS) is 19.4. The molecule has 7 nitrogen and oxygen atoms in total. The minimum absolute atomic E-state index is 0.0451. The molecule has 2 aliphatic rings. The lowest BCUT2D eigenvalue weighted by atomic mass is 10.1. The molecule has 1 atom stereocenters. The lowest BCUT2D eigenvalue weighted by Gasteiger charge is -2.24. The number of nitrogens with one attached hydrogen (secondary N) is 1. The summed E-state index contributed by atoms with van der Waals surface area (Å²) in [6.07, 6.45) is 5.52. The van der Waals surface area contributed by atoms with Gasteiger partial charge >= 0.3 is 0 Å². The molecule has 1 aliphatic carbocycles. The molecular weight excluding hydrogens is 332 g/mol. The van der Waals surface area contributed by atoms with Gasteiger partial charge in [0.1, 0.15) is 5.69 Å². The average molecular weight is 352 g/mol. The molecule has 0 spiro atoms. The Balaban J connectivity index is 1.61. The van der Waals surface area contributed by atoms with Crippen LogP contribution in [0.15, 0.2) is 42.6 Å². The number of hydrogen-bond acceptors (Lipinski definition) is 5. The Kier molecular flexibility index (Phi) is 4.28. The molecule has 1 N–H and O–H groups in total. The molecule has 134 valence electrons. The molecule has 2 heterocycles. The summed E-state index contributed by atoms with van der Waals surface area (Å²) >= 11 is 0. The van der Waals surface area contributed by atoms with Gasteiger partial charge in [-0.15, -0.1) is 0 Å². The Hall–Kier alpha value is -2.96. The van der Waals surface area contributed by atoms with Gasteiger partial charge in [0.05, 0.1) is 16.7 Å². The van der Waals surface area contributed by atoms with Crippen molar-refractivity contribution in [3.63, 3.8) is 0 Å². The molecular formula is C19H20N4O3. The van der Waals surface area contributed by atoms with Crippen molar-refractivity contribution >= 4 is 17.3 Å². The lowest BCUT2D eigenvalue weighted by molar-refractivity contribution is -0.384. The zero-order valence-corrected chi connectivity index (χ0v) is 14.3. The first kappa shape index (κ1) is 16.5. The van der Waals surface area contributed by atoms with E-state index in [9.17, 15) is 14.9 Å². The average Bonchev–Trinajstić information content (AvgIpc) is 3.34. The van der Waals surface area contributed by atoms with Crippen LogP contribution < -0.4 is 5.32 Å². The van der Waals surface area contributed by atoms with Crippen molar-refractivity contribution < 1.29 is 9.72 Å². The molecule has 26 heavy (non-hydrogen) atoms.